The van der Waals surface area contributed by atoms with Crippen LogP contribution in [0.25, 0.3) is 0 Å². The molecule has 0 saturated carbocycles. The highest BCUT2D eigenvalue weighted by Gasteiger charge is 2.27. The lowest BCUT2D eigenvalue weighted by atomic mass is 9.95. The Hall–Kier alpha value is -1.91. The van der Waals surface area contributed by atoms with Gasteiger partial charge in [0, 0.05) is 25.6 Å². The molecule has 0 aromatic heterocycles. The Balaban J connectivity index is 1.76. The number of amides is 2. The molecule has 2 amide bonds. The number of carbonyl (C=O) groups is 2. The minimum Gasteiger partial charge on any atom is -0.356 e. The molecule has 4 nitrogen and oxygen atoms in total. The fourth-order valence-electron chi connectivity index (χ4n) is 2.94. The first-order valence-corrected chi connectivity index (χ1v) is 8.76. The van der Waals surface area contributed by atoms with Crippen LogP contribution in [0.15, 0.2) is 24.3 Å². The zero-order valence-corrected chi connectivity index (χ0v) is 14.6. The molecule has 0 radical (unpaired) electrons. The topological polar surface area (TPSA) is 49.4 Å². The number of carbonyl (C=O) groups excluding carboxylic acids is 2. The summed E-state index contributed by atoms with van der Waals surface area (Å²) in [5.41, 5.74) is 0.427. The molecule has 1 heterocycles. The highest BCUT2D eigenvalue weighted by atomic mass is 19.1. The van der Waals surface area contributed by atoms with E-state index in [0.29, 0.717) is 44.0 Å². The number of halogens is 1. The maximum absolute atomic E-state index is 13.6. The van der Waals surface area contributed by atoms with E-state index in [2.05, 4.69) is 19.2 Å². The van der Waals surface area contributed by atoms with Crippen LogP contribution in [-0.2, 0) is 16.0 Å². The van der Waals surface area contributed by atoms with Crippen LogP contribution >= 0.6 is 0 Å². The molecule has 132 valence electrons. The molecular formula is C19H27FN2O2. The van der Waals surface area contributed by atoms with Gasteiger partial charge in [-0.15, -0.1) is 0 Å². The normalized spacial score (nSPS) is 15.6. The molecule has 1 aromatic carbocycles. The second-order valence-electron chi connectivity index (χ2n) is 6.90. The first-order chi connectivity index (χ1) is 11.5. The Kier molecular flexibility index (Phi) is 6.76. The lowest BCUT2D eigenvalue weighted by molar-refractivity contribution is -0.135. The molecule has 2 rings (SSSR count). The van der Waals surface area contributed by atoms with E-state index in [-0.39, 0.29) is 30.0 Å². The number of nitrogens with one attached hydrogen (secondary N) is 1. The van der Waals surface area contributed by atoms with Crippen molar-refractivity contribution >= 4 is 11.8 Å². The molecule has 1 aliphatic heterocycles. The monoisotopic (exact) mass is 334 g/mol. The van der Waals surface area contributed by atoms with Crippen molar-refractivity contribution in [3.05, 3.63) is 35.6 Å². The van der Waals surface area contributed by atoms with Crippen molar-refractivity contribution in [3.8, 4) is 0 Å². The Labute approximate surface area is 143 Å². The molecule has 1 N–H and O–H groups in total. The van der Waals surface area contributed by atoms with Crippen LogP contribution in [0.3, 0.4) is 0 Å². The molecule has 0 spiro atoms. The maximum atomic E-state index is 13.6. The zero-order valence-electron chi connectivity index (χ0n) is 14.6. The second-order valence-corrected chi connectivity index (χ2v) is 6.90. The van der Waals surface area contributed by atoms with Gasteiger partial charge in [-0.2, -0.15) is 0 Å². The third-order valence-corrected chi connectivity index (χ3v) is 4.54. The van der Waals surface area contributed by atoms with E-state index in [1.54, 1.807) is 23.1 Å². The van der Waals surface area contributed by atoms with Crippen molar-refractivity contribution in [1.82, 2.24) is 10.2 Å². The van der Waals surface area contributed by atoms with Crippen molar-refractivity contribution in [3.63, 3.8) is 0 Å². The minimum absolute atomic E-state index is 0.0188. The summed E-state index contributed by atoms with van der Waals surface area (Å²) in [6, 6.07) is 6.37. The van der Waals surface area contributed by atoms with Crippen molar-refractivity contribution in [1.29, 1.82) is 0 Å². The summed E-state index contributed by atoms with van der Waals surface area (Å²) in [4.78, 5) is 26.2. The number of nitrogens with zero attached hydrogens (tertiary/aromatic N) is 1. The molecule has 1 fully saturated rings. The fourth-order valence-corrected chi connectivity index (χ4v) is 2.94. The van der Waals surface area contributed by atoms with E-state index >= 15 is 0 Å². The molecule has 0 aliphatic carbocycles. The van der Waals surface area contributed by atoms with E-state index in [1.807, 2.05) is 0 Å². The average molecular weight is 334 g/mol. The van der Waals surface area contributed by atoms with E-state index in [9.17, 15) is 14.0 Å². The summed E-state index contributed by atoms with van der Waals surface area (Å²) in [6.07, 6.45) is 2.41. The second kappa shape index (κ2) is 8.81. The van der Waals surface area contributed by atoms with Gasteiger partial charge in [0.05, 0.1) is 6.42 Å². The van der Waals surface area contributed by atoms with Crippen LogP contribution < -0.4 is 5.32 Å². The van der Waals surface area contributed by atoms with Crippen LogP contribution in [0.4, 0.5) is 4.39 Å². The molecule has 24 heavy (non-hydrogen) atoms. The van der Waals surface area contributed by atoms with Gasteiger partial charge in [-0.05, 0) is 36.8 Å². The van der Waals surface area contributed by atoms with Gasteiger partial charge in [0.15, 0.2) is 0 Å². The Morgan fingerprint density at radius 3 is 2.54 bits per heavy atom. The SMILES string of the molecule is CC(C)CCNC(=O)C1CCN(C(=O)Cc2ccccc2F)CC1. The number of rotatable bonds is 6. The maximum Gasteiger partial charge on any atom is 0.227 e. The fraction of sp³-hybridized carbons (Fsp3) is 0.579. The molecule has 1 aromatic rings. The van der Waals surface area contributed by atoms with Crippen molar-refractivity contribution in [2.24, 2.45) is 11.8 Å². The predicted molar refractivity (Wildman–Crippen MR) is 91.9 cm³/mol. The molecule has 1 aliphatic rings. The van der Waals surface area contributed by atoms with Crippen LogP contribution in [0.2, 0.25) is 0 Å². The standard InChI is InChI=1S/C19H27FN2O2/c1-14(2)7-10-21-19(24)15-8-11-22(12-9-15)18(23)13-16-5-3-4-6-17(16)20/h3-6,14-15H,7-13H2,1-2H3,(H,21,24). The smallest absolute Gasteiger partial charge is 0.227 e. The summed E-state index contributed by atoms with van der Waals surface area (Å²) in [5, 5.41) is 2.98. The van der Waals surface area contributed by atoms with Crippen LogP contribution in [-0.4, -0.2) is 36.3 Å². The highest BCUT2D eigenvalue weighted by molar-refractivity contribution is 5.81. The van der Waals surface area contributed by atoms with E-state index in [0.717, 1.165) is 6.42 Å². The number of hydrogen-bond acceptors (Lipinski definition) is 2. The Bertz CT molecular complexity index is 566. The Morgan fingerprint density at radius 2 is 1.92 bits per heavy atom. The van der Waals surface area contributed by atoms with Crippen LogP contribution in [0.5, 0.6) is 0 Å². The van der Waals surface area contributed by atoms with Crippen molar-refractivity contribution in [2.75, 3.05) is 19.6 Å². The molecule has 1 saturated heterocycles. The predicted octanol–water partition coefficient (Wildman–Crippen LogP) is 2.77. The Morgan fingerprint density at radius 1 is 1.25 bits per heavy atom. The molecule has 0 unspecified atom stereocenters. The molecule has 0 bridgehead atoms. The van der Waals surface area contributed by atoms with Gasteiger partial charge in [0.25, 0.3) is 0 Å². The van der Waals surface area contributed by atoms with Gasteiger partial charge in [0.1, 0.15) is 5.82 Å². The van der Waals surface area contributed by atoms with Gasteiger partial charge < -0.3 is 10.2 Å². The number of hydrogen-bond donors (Lipinski definition) is 1. The molecule has 0 atom stereocenters. The first-order valence-electron chi connectivity index (χ1n) is 8.76. The van der Waals surface area contributed by atoms with Crippen LogP contribution in [0, 0.1) is 17.7 Å². The third kappa shape index (κ3) is 5.32. The average Bonchev–Trinajstić information content (AvgIpc) is 2.56. The minimum atomic E-state index is -0.342. The van der Waals surface area contributed by atoms with Gasteiger partial charge in [-0.25, -0.2) is 4.39 Å². The largest absolute Gasteiger partial charge is 0.356 e. The van der Waals surface area contributed by atoms with Crippen LogP contribution in [0.1, 0.15) is 38.7 Å². The van der Waals surface area contributed by atoms with Gasteiger partial charge in [0.2, 0.25) is 11.8 Å². The molecular weight excluding hydrogens is 307 g/mol. The van der Waals surface area contributed by atoms with E-state index < -0.39 is 0 Å². The summed E-state index contributed by atoms with van der Waals surface area (Å²) in [5.74, 6) is 0.235. The quantitative estimate of drug-likeness (QED) is 0.870. The van der Waals surface area contributed by atoms with Crippen molar-refractivity contribution < 1.29 is 14.0 Å². The molecule has 5 heteroatoms. The lowest BCUT2D eigenvalue weighted by Crippen LogP contribution is -2.43. The van der Waals surface area contributed by atoms with Gasteiger partial charge in [-0.1, -0.05) is 32.0 Å². The number of piperidine rings is 1. The lowest BCUT2D eigenvalue weighted by Gasteiger charge is -2.31. The van der Waals surface area contributed by atoms with E-state index in [4.69, 9.17) is 0 Å². The summed E-state index contributed by atoms with van der Waals surface area (Å²) in [7, 11) is 0. The number of likely N-dealkylation sites (tertiary alicyclic amines) is 1. The summed E-state index contributed by atoms with van der Waals surface area (Å²) in [6.45, 7) is 6.10. The first kappa shape index (κ1) is 18.4. The van der Waals surface area contributed by atoms with E-state index in [1.165, 1.54) is 6.07 Å². The number of benzene rings is 1. The third-order valence-electron chi connectivity index (χ3n) is 4.54. The summed E-state index contributed by atoms with van der Waals surface area (Å²) >= 11 is 0. The van der Waals surface area contributed by atoms with Gasteiger partial charge in [-0.3, -0.25) is 9.59 Å². The van der Waals surface area contributed by atoms with Gasteiger partial charge >= 0.3 is 0 Å². The summed E-state index contributed by atoms with van der Waals surface area (Å²) < 4.78 is 13.6. The highest BCUT2D eigenvalue weighted by Crippen LogP contribution is 2.19. The zero-order chi connectivity index (χ0) is 17.5. The van der Waals surface area contributed by atoms with Crippen molar-refractivity contribution in [2.45, 2.75) is 39.5 Å².